The number of aromatic nitrogens is 4. The molecular formula is C15H23N5OS. The van der Waals surface area contributed by atoms with Crippen molar-refractivity contribution < 1.29 is 4.79 Å². The molecule has 0 saturated carbocycles. The van der Waals surface area contributed by atoms with Crippen LogP contribution in [0.5, 0.6) is 0 Å². The highest BCUT2D eigenvalue weighted by Gasteiger charge is 2.12. The Morgan fingerprint density at radius 1 is 1.36 bits per heavy atom. The predicted octanol–water partition coefficient (Wildman–Crippen LogP) is 2.73. The first-order valence-corrected chi connectivity index (χ1v) is 8.53. The van der Waals surface area contributed by atoms with Crippen molar-refractivity contribution >= 4 is 17.2 Å². The number of thiophene rings is 1. The molecule has 1 amide bonds. The highest BCUT2D eigenvalue weighted by molar-refractivity contribution is 7.13. The van der Waals surface area contributed by atoms with Gasteiger partial charge in [0.2, 0.25) is 11.7 Å². The third kappa shape index (κ3) is 5.22. The standard InChI is InChI=1S/C15H23N5OS/c1-11(2)6-4-7-12(3)16-14(21)10-20-18-15(17-19-20)13-8-5-9-22-13/h5,8-9,11-12H,4,6-7,10H2,1-3H3,(H,16,21)/t12-/m0/s1. The smallest absolute Gasteiger partial charge is 0.243 e. The van der Waals surface area contributed by atoms with Crippen molar-refractivity contribution in [2.75, 3.05) is 0 Å². The Bertz CT molecular complexity index is 579. The number of amides is 1. The Hall–Kier alpha value is -1.76. The molecule has 0 unspecified atom stereocenters. The first kappa shape index (κ1) is 16.6. The van der Waals surface area contributed by atoms with Crippen LogP contribution in [0.25, 0.3) is 10.7 Å². The van der Waals surface area contributed by atoms with Gasteiger partial charge >= 0.3 is 0 Å². The van der Waals surface area contributed by atoms with Gasteiger partial charge in [0.05, 0.1) is 4.88 Å². The van der Waals surface area contributed by atoms with Crippen LogP contribution in [-0.2, 0) is 11.3 Å². The number of carbonyl (C=O) groups is 1. The molecule has 0 radical (unpaired) electrons. The molecule has 0 bridgehead atoms. The summed E-state index contributed by atoms with van der Waals surface area (Å²) in [7, 11) is 0. The summed E-state index contributed by atoms with van der Waals surface area (Å²) in [6, 6.07) is 4.04. The normalized spacial score (nSPS) is 12.5. The fraction of sp³-hybridized carbons (Fsp3) is 0.600. The van der Waals surface area contributed by atoms with Gasteiger partial charge in [-0.05, 0) is 35.9 Å². The van der Waals surface area contributed by atoms with Crippen molar-refractivity contribution in [3.63, 3.8) is 0 Å². The van der Waals surface area contributed by atoms with E-state index in [4.69, 9.17) is 0 Å². The van der Waals surface area contributed by atoms with Crippen LogP contribution in [0.3, 0.4) is 0 Å². The lowest BCUT2D eigenvalue weighted by molar-refractivity contribution is -0.122. The number of carbonyl (C=O) groups excluding carboxylic acids is 1. The van der Waals surface area contributed by atoms with E-state index < -0.39 is 0 Å². The Kier molecular flexibility index (Phi) is 6.06. The molecule has 0 saturated heterocycles. The van der Waals surface area contributed by atoms with Crippen LogP contribution in [0.15, 0.2) is 17.5 Å². The van der Waals surface area contributed by atoms with E-state index in [1.54, 1.807) is 11.3 Å². The number of nitrogens with one attached hydrogen (secondary N) is 1. The zero-order chi connectivity index (χ0) is 15.9. The predicted molar refractivity (Wildman–Crippen MR) is 87.4 cm³/mol. The van der Waals surface area contributed by atoms with Gasteiger partial charge in [0.15, 0.2) is 0 Å². The minimum atomic E-state index is -0.0767. The van der Waals surface area contributed by atoms with Gasteiger partial charge in [-0.3, -0.25) is 4.79 Å². The lowest BCUT2D eigenvalue weighted by atomic mass is 10.0. The fourth-order valence-electron chi connectivity index (χ4n) is 2.17. The van der Waals surface area contributed by atoms with E-state index in [1.807, 2.05) is 24.4 Å². The summed E-state index contributed by atoms with van der Waals surface area (Å²) in [5, 5.41) is 17.1. The molecule has 0 spiro atoms. The largest absolute Gasteiger partial charge is 0.352 e. The molecule has 2 rings (SSSR count). The van der Waals surface area contributed by atoms with Crippen LogP contribution in [0.4, 0.5) is 0 Å². The van der Waals surface area contributed by atoms with Gasteiger partial charge in [0, 0.05) is 6.04 Å². The topological polar surface area (TPSA) is 72.7 Å². The first-order valence-electron chi connectivity index (χ1n) is 7.65. The summed E-state index contributed by atoms with van der Waals surface area (Å²) in [5.74, 6) is 1.19. The maximum atomic E-state index is 12.0. The molecule has 0 aliphatic heterocycles. The van der Waals surface area contributed by atoms with E-state index in [2.05, 4.69) is 34.6 Å². The van der Waals surface area contributed by atoms with Crippen molar-refractivity contribution in [3.05, 3.63) is 17.5 Å². The Labute approximate surface area is 134 Å². The zero-order valence-corrected chi connectivity index (χ0v) is 14.1. The molecule has 120 valence electrons. The SMILES string of the molecule is CC(C)CCC[C@H](C)NC(=O)Cn1nnc(-c2cccs2)n1. The minimum absolute atomic E-state index is 0.0767. The van der Waals surface area contributed by atoms with Crippen LogP contribution in [0.1, 0.15) is 40.0 Å². The molecular weight excluding hydrogens is 298 g/mol. The van der Waals surface area contributed by atoms with Crippen LogP contribution >= 0.6 is 11.3 Å². The molecule has 7 heteroatoms. The third-order valence-corrected chi connectivity index (χ3v) is 4.17. The van der Waals surface area contributed by atoms with Crippen molar-refractivity contribution in [3.8, 4) is 10.7 Å². The van der Waals surface area contributed by atoms with Gasteiger partial charge in [-0.25, -0.2) is 0 Å². The molecule has 1 N–H and O–H groups in total. The van der Waals surface area contributed by atoms with Gasteiger partial charge in [0.1, 0.15) is 6.54 Å². The van der Waals surface area contributed by atoms with E-state index in [-0.39, 0.29) is 18.5 Å². The van der Waals surface area contributed by atoms with E-state index >= 15 is 0 Å². The molecule has 6 nitrogen and oxygen atoms in total. The quantitative estimate of drug-likeness (QED) is 0.811. The highest BCUT2D eigenvalue weighted by Crippen LogP contribution is 2.19. The van der Waals surface area contributed by atoms with E-state index in [9.17, 15) is 4.79 Å². The van der Waals surface area contributed by atoms with E-state index in [0.717, 1.165) is 17.7 Å². The molecule has 0 aliphatic rings. The molecule has 22 heavy (non-hydrogen) atoms. The monoisotopic (exact) mass is 321 g/mol. The summed E-state index contributed by atoms with van der Waals surface area (Å²) in [6.07, 6.45) is 3.31. The number of nitrogens with zero attached hydrogens (tertiary/aromatic N) is 4. The molecule has 2 aromatic rings. The zero-order valence-electron chi connectivity index (χ0n) is 13.3. The lowest BCUT2D eigenvalue weighted by Crippen LogP contribution is -2.35. The van der Waals surface area contributed by atoms with Crippen molar-refractivity contribution in [2.24, 2.45) is 5.92 Å². The van der Waals surface area contributed by atoms with Crippen molar-refractivity contribution in [1.82, 2.24) is 25.5 Å². The second kappa shape index (κ2) is 8.03. The Morgan fingerprint density at radius 3 is 2.86 bits per heavy atom. The van der Waals surface area contributed by atoms with Gasteiger partial charge in [-0.1, -0.05) is 32.8 Å². The lowest BCUT2D eigenvalue weighted by Gasteiger charge is -2.14. The van der Waals surface area contributed by atoms with Crippen LogP contribution < -0.4 is 5.32 Å². The summed E-state index contributed by atoms with van der Waals surface area (Å²) in [5.41, 5.74) is 0. The molecule has 0 aliphatic carbocycles. The van der Waals surface area contributed by atoms with E-state index in [1.165, 1.54) is 11.2 Å². The fourth-order valence-corrected chi connectivity index (χ4v) is 2.82. The van der Waals surface area contributed by atoms with Gasteiger partial charge < -0.3 is 5.32 Å². The van der Waals surface area contributed by atoms with Crippen LogP contribution in [0.2, 0.25) is 0 Å². The highest BCUT2D eigenvalue weighted by atomic mass is 32.1. The van der Waals surface area contributed by atoms with Gasteiger partial charge in [-0.15, -0.1) is 21.5 Å². The van der Waals surface area contributed by atoms with E-state index in [0.29, 0.717) is 11.7 Å². The molecule has 0 aromatic carbocycles. The number of tetrazole rings is 1. The summed E-state index contributed by atoms with van der Waals surface area (Å²) in [6.45, 7) is 6.56. The Morgan fingerprint density at radius 2 is 2.18 bits per heavy atom. The number of hydrogen-bond acceptors (Lipinski definition) is 5. The molecule has 1 atom stereocenters. The number of hydrogen-bond donors (Lipinski definition) is 1. The second-order valence-corrected chi connectivity index (χ2v) is 6.86. The second-order valence-electron chi connectivity index (χ2n) is 5.91. The maximum Gasteiger partial charge on any atom is 0.243 e. The average molecular weight is 321 g/mol. The minimum Gasteiger partial charge on any atom is -0.352 e. The Balaban J connectivity index is 1.77. The summed E-state index contributed by atoms with van der Waals surface area (Å²) in [4.78, 5) is 14.3. The molecule has 0 fully saturated rings. The third-order valence-electron chi connectivity index (χ3n) is 3.31. The van der Waals surface area contributed by atoms with Crippen LogP contribution in [0, 0.1) is 5.92 Å². The van der Waals surface area contributed by atoms with Crippen LogP contribution in [-0.4, -0.2) is 32.2 Å². The van der Waals surface area contributed by atoms with Crippen molar-refractivity contribution in [2.45, 2.75) is 52.6 Å². The molecule has 2 aromatic heterocycles. The average Bonchev–Trinajstić information content (AvgIpc) is 3.07. The summed E-state index contributed by atoms with van der Waals surface area (Å²) >= 11 is 1.55. The molecule has 2 heterocycles. The maximum absolute atomic E-state index is 12.0. The number of rotatable bonds is 8. The van der Waals surface area contributed by atoms with Gasteiger partial charge in [-0.2, -0.15) is 4.80 Å². The van der Waals surface area contributed by atoms with Gasteiger partial charge in [0.25, 0.3) is 0 Å². The summed E-state index contributed by atoms with van der Waals surface area (Å²) < 4.78 is 0. The first-order chi connectivity index (χ1) is 10.5. The van der Waals surface area contributed by atoms with Crippen molar-refractivity contribution in [1.29, 1.82) is 0 Å².